The van der Waals surface area contributed by atoms with E-state index in [9.17, 15) is 0 Å². The van der Waals surface area contributed by atoms with Crippen LogP contribution < -0.4 is 14.8 Å². The highest BCUT2D eigenvalue weighted by Gasteiger charge is 2.15. The molecule has 0 aliphatic carbocycles. The van der Waals surface area contributed by atoms with Gasteiger partial charge in [0, 0.05) is 22.5 Å². The number of ether oxygens (including phenoxy) is 2. The molecule has 0 aliphatic rings. The van der Waals surface area contributed by atoms with Gasteiger partial charge in [-0.05, 0) is 48.4 Å². The first kappa shape index (κ1) is 21.0. The SMILES string of the molecule is COc1ccc(CCNc2nc3c(-c4ccc(Cl)cc4)nnn3c3ccccc23)cc1OC. The molecule has 5 rings (SSSR count). The second-order valence-corrected chi connectivity index (χ2v) is 7.96. The molecule has 0 amide bonds. The van der Waals surface area contributed by atoms with Crippen molar-refractivity contribution in [3.05, 3.63) is 77.3 Å². The maximum Gasteiger partial charge on any atom is 0.186 e. The van der Waals surface area contributed by atoms with E-state index in [1.165, 1.54) is 0 Å². The average Bonchev–Trinajstić information content (AvgIpc) is 3.28. The van der Waals surface area contributed by atoms with Crippen LogP contribution in [0.4, 0.5) is 5.82 Å². The third-order valence-corrected chi connectivity index (χ3v) is 5.78. The molecule has 2 aromatic heterocycles. The molecule has 0 unspecified atom stereocenters. The minimum Gasteiger partial charge on any atom is -0.493 e. The molecular weight excluding hydrogens is 438 g/mol. The van der Waals surface area contributed by atoms with Crippen LogP contribution in [0.2, 0.25) is 5.02 Å². The van der Waals surface area contributed by atoms with Crippen LogP contribution in [0.3, 0.4) is 0 Å². The molecule has 8 heteroatoms. The van der Waals surface area contributed by atoms with Gasteiger partial charge in [0.25, 0.3) is 0 Å². The maximum atomic E-state index is 6.06. The topological polar surface area (TPSA) is 73.6 Å². The fraction of sp³-hybridized carbons (Fsp3) is 0.160. The number of para-hydroxylation sites is 1. The van der Waals surface area contributed by atoms with Gasteiger partial charge in [0.15, 0.2) is 17.1 Å². The van der Waals surface area contributed by atoms with Crippen LogP contribution in [0.1, 0.15) is 5.56 Å². The number of fused-ring (bicyclic) bond motifs is 3. The number of benzene rings is 3. The number of hydrogen-bond acceptors (Lipinski definition) is 6. The van der Waals surface area contributed by atoms with Crippen molar-refractivity contribution in [1.29, 1.82) is 0 Å². The van der Waals surface area contributed by atoms with E-state index in [0.29, 0.717) is 22.9 Å². The Morgan fingerprint density at radius 1 is 0.939 bits per heavy atom. The monoisotopic (exact) mass is 459 g/mol. The molecule has 166 valence electrons. The van der Waals surface area contributed by atoms with Crippen LogP contribution in [-0.2, 0) is 6.42 Å². The van der Waals surface area contributed by atoms with E-state index in [1.54, 1.807) is 18.7 Å². The number of rotatable bonds is 7. The Hall–Kier alpha value is -3.84. The Bertz CT molecular complexity index is 1430. The molecule has 7 nitrogen and oxygen atoms in total. The number of methoxy groups -OCH3 is 2. The zero-order chi connectivity index (χ0) is 22.8. The predicted molar refractivity (Wildman–Crippen MR) is 130 cm³/mol. The summed E-state index contributed by atoms with van der Waals surface area (Å²) in [6, 6.07) is 21.5. The third kappa shape index (κ3) is 4.03. The van der Waals surface area contributed by atoms with Gasteiger partial charge >= 0.3 is 0 Å². The number of hydrogen-bond donors (Lipinski definition) is 1. The molecule has 2 heterocycles. The Labute approximate surface area is 195 Å². The first-order valence-corrected chi connectivity index (χ1v) is 10.9. The summed E-state index contributed by atoms with van der Waals surface area (Å²) >= 11 is 6.06. The predicted octanol–water partition coefficient (Wildman–Crippen LogP) is 5.27. The van der Waals surface area contributed by atoms with Crippen LogP contribution in [-0.4, -0.2) is 40.6 Å². The van der Waals surface area contributed by atoms with Gasteiger partial charge in [0.1, 0.15) is 11.5 Å². The van der Waals surface area contributed by atoms with Gasteiger partial charge in [-0.15, -0.1) is 5.10 Å². The van der Waals surface area contributed by atoms with Crippen molar-refractivity contribution >= 4 is 34.0 Å². The molecule has 0 radical (unpaired) electrons. The summed E-state index contributed by atoms with van der Waals surface area (Å²) in [7, 11) is 3.28. The fourth-order valence-corrected chi connectivity index (χ4v) is 3.98. The molecule has 0 spiro atoms. The first-order valence-electron chi connectivity index (χ1n) is 10.5. The summed E-state index contributed by atoms with van der Waals surface area (Å²) in [4.78, 5) is 4.90. The molecule has 1 N–H and O–H groups in total. The molecule has 0 atom stereocenters. The second kappa shape index (κ2) is 8.96. The van der Waals surface area contributed by atoms with E-state index in [1.807, 2.05) is 66.7 Å². The number of aromatic nitrogens is 4. The molecule has 3 aromatic carbocycles. The van der Waals surface area contributed by atoms with Crippen LogP contribution >= 0.6 is 11.6 Å². The smallest absolute Gasteiger partial charge is 0.186 e. The molecule has 0 aliphatic heterocycles. The Kier molecular flexibility index (Phi) is 5.71. The maximum absolute atomic E-state index is 6.06. The Balaban J connectivity index is 1.48. The number of nitrogens with one attached hydrogen (secondary N) is 1. The summed E-state index contributed by atoms with van der Waals surface area (Å²) in [5.74, 6) is 2.23. The summed E-state index contributed by atoms with van der Waals surface area (Å²) < 4.78 is 12.5. The van der Waals surface area contributed by atoms with Crippen molar-refractivity contribution in [2.45, 2.75) is 6.42 Å². The van der Waals surface area contributed by atoms with Crippen molar-refractivity contribution < 1.29 is 9.47 Å². The van der Waals surface area contributed by atoms with Gasteiger partial charge in [0.05, 0.1) is 19.7 Å². The molecule has 0 saturated carbocycles. The van der Waals surface area contributed by atoms with Crippen molar-refractivity contribution in [2.75, 3.05) is 26.1 Å². The molecule has 5 aromatic rings. The molecule has 0 bridgehead atoms. The van der Waals surface area contributed by atoms with E-state index < -0.39 is 0 Å². The van der Waals surface area contributed by atoms with Crippen molar-refractivity contribution in [3.63, 3.8) is 0 Å². The number of nitrogens with zero attached hydrogens (tertiary/aromatic N) is 4. The van der Waals surface area contributed by atoms with Crippen LogP contribution in [0, 0.1) is 0 Å². The van der Waals surface area contributed by atoms with Crippen molar-refractivity contribution in [1.82, 2.24) is 19.8 Å². The van der Waals surface area contributed by atoms with Gasteiger partial charge < -0.3 is 14.8 Å². The van der Waals surface area contributed by atoms with Gasteiger partial charge in [-0.25, -0.2) is 4.98 Å². The Morgan fingerprint density at radius 3 is 2.52 bits per heavy atom. The van der Waals surface area contributed by atoms with Crippen LogP contribution in [0.15, 0.2) is 66.7 Å². The molecule has 0 fully saturated rings. The molecule has 0 saturated heterocycles. The molecular formula is C25H22ClN5O2. The third-order valence-electron chi connectivity index (χ3n) is 5.52. The van der Waals surface area contributed by atoms with Gasteiger partial charge in [-0.2, -0.15) is 4.52 Å². The summed E-state index contributed by atoms with van der Waals surface area (Å²) in [5, 5.41) is 13.9. The van der Waals surface area contributed by atoms with E-state index in [-0.39, 0.29) is 0 Å². The number of anilines is 1. The standard InChI is InChI=1S/C25H22ClN5O2/c1-32-21-12-7-16(15-22(21)33-2)13-14-27-24-19-5-3-4-6-20(19)31-25(28-24)23(29-30-31)17-8-10-18(26)11-9-17/h3-12,15H,13-14H2,1-2H3,(H,27,28). The Morgan fingerprint density at radius 2 is 1.73 bits per heavy atom. The van der Waals surface area contributed by atoms with Crippen molar-refractivity contribution in [3.8, 4) is 22.8 Å². The summed E-state index contributed by atoms with van der Waals surface area (Å²) in [6.07, 6.45) is 0.795. The lowest BCUT2D eigenvalue weighted by atomic mass is 10.1. The number of halogens is 1. The highest BCUT2D eigenvalue weighted by atomic mass is 35.5. The highest BCUT2D eigenvalue weighted by Crippen LogP contribution is 2.30. The highest BCUT2D eigenvalue weighted by molar-refractivity contribution is 6.30. The van der Waals surface area contributed by atoms with E-state index in [0.717, 1.165) is 45.8 Å². The second-order valence-electron chi connectivity index (χ2n) is 7.52. The summed E-state index contributed by atoms with van der Waals surface area (Å²) in [6.45, 7) is 0.695. The van der Waals surface area contributed by atoms with E-state index in [4.69, 9.17) is 26.1 Å². The first-order chi connectivity index (χ1) is 16.2. The lowest BCUT2D eigenvalue weighted by Gasteiger charge is -2.12. The lowest BCUT2D eigenvalue weighted by Crippen LogP contribution is -2.08. The van der Waals surface area contributed by atoms with E-state index >= 15 is 0 Å². The normalized spacial score (nSPS) is 11.1. The quantitative estimate of drug-likeness (QED) is 0.357. The largest absolute Gasteiger partial charge is 0.493 e. The zero-order valence-electron chi connectivity index (χ0n) is 18.2. The average molecular weight is 460 g/mol. The van der Waals surface area contributed by atoms with E-state index in [2.05, 4.69) is 15.6 Å². The van der Waals surface area contributed by atoms with Crippen molar-refractivity contribution in [2.24, 2.45) is 0 Å². The van der Waals surface area contributed by atoms with Gasteiger partial charge in [-0.1, -0.05) is 47.1 Å². The minimum absolute atomic E-state index is 0.672. The van der Waals surface area contributed by atoms with Gasteiger partial charge in [0.2, 0.25) is 0 Å². The molecule has 33 heavy (non-hydrogen) atoms. The summed E-state index contributed by atoms with van der Waals surface area (Å²) in [5.41, 5.74) is 4.38. The van der Waals surface area contributed by atoms with Crippen LogP contribution in [0.5, 0.6) is 11.5 Å². The fourth-order valence-electron chi connectivity index (χ4n) is 3.85. The van der Waals surface area contributed by atoms with Gasteiger partial charge in [-0.3, -0.25) is 0 Å². The van der Waals surface area contributed by atoms with Crippen LogP contribution in [0.25, 0.3) is 27.8 Å². The lowest BCUT2D eigenvalue weighted by molar-refractivity contribution is 0.354. The minimum atomic E-state index is 0.672. The zero-order valence-corrected chi connectivity index (χ0v) is 19.0.